The molecular formula is C11H14N2O6. The van der Waals surface area contributed by atoms with Crippen LogP contribution in [0, 0.1) is 0 Å². The van der Waals surface area contributed by atoms with E-state index < -0.39 is 23.8 Å². The van der Waals surface area contributed by atoms with Crippen molar-refractivity contribution < 1.29 is 28.7 Å². The summed E-state index contributed by atoms with van der Waals surface area (Å²) < 4.78 is 8.56. The largest absolute Gasteiger partial charge is 0.466 e. The van der Waals surface area contributed by atoms with Crippen molar-refractivity contribution in [3.05, 3.63) is 24.3 Å². The highest BCUT2D eigenvalue weighted by atomic mass is 16.5. The van der Waals surface area contributed by atoms with Gasteiger partial charge in [0.1, 0.15) is 0 Å². The third kappa shape index (κ3) is 9.10. The summed E-state index contributed by atoms with van der Waals surface area (Å²) >= 11 is 0. The van der Waals surface area contributed by atoms with E-state index in [2.05, 4.69) is 20.1 Å². The number of esters is 2. The lowest BCUT2D eigenvalue weighted by Crippen LogP contribution is -2.35. The van der Waals surface area contributed by atoms with E-state index in [9.17, 15) is 19.2 Å². The Hall–Kier alpha value is -2.64. The predicted octanol–water partition coefficient (Wildman–Crippen LogP) is -1.37. The molecule has 0 aliphatic carbocycles. The second-order valence-electron chi connectivity index (χ2n) is 2.97. The van der Waals surface area contributed by atoms with Gasteiger partial charge >= 0.3 is 11.9 Å². The summed E-state index contributed by atoms with van der Waals surface area (Å²) in [7, 11) is 2.36. The van der Waals surface area contributed by atoms with Crippen LogP contribution in [-0.2, 0) is 28.7 Å². The van der Waals surface area contributed by atoms with Gasteiger partial charge < -0.3 is 20.1 Å². The lowest BCUT2D eigenvalue weighted by molar-refractivity contribution is -0.135. The van der Waals surface area contributed by atoms with Crippen LogP contribution in [0.5, 0.6) is 0 Å². The minimum atomic E-state index is -0.666. The lowest BCUT2D eigenvalue weighted by atomic mass is 10.4. The van der Waals surface area contributed by atoms with Crippen LogP contribution in [0.4, 0.5) is 0 Å². The summed E-state index contributed by atoms with van der Waals surface area (Å²) in [4.78, 5) is 43.5. The van der Waals surface area contributed by atoms with E-state index in [1.165, 1.54) is 14.2 Å². The van der Waals surface area contributed by atoms with Gasteiger partial charge in [0, 0.05) is 24.3 Å². The monoisotopic (exact) mass is 270 g/mol. The first-order valence-electron chi connectivity index (χ1n) is 5.07. The topological polar surface area (TPSA) is 111 Å². The fourth-order valence-electron chi connectivity index (χ4n) is 0.760. The number of amides is 2. The second kappa shape index (κ2) is 9.40. The van der Waals surface area contributed by atoms with Crippen LogP contribution in [0.25, 0.3) is 0 Å². The van der Waals surface area contributed by atoms with Gasteiger partial charge in [-0.25, -0.2) is 9.59 Å². The summed E-state index contributed by atoms with van der Waals surface area (Å²) in [5.41, 5.74) is 0. The predicted molar refractivity (Wildman–Crippen MR) is 63.5 cm³/mol. The first-order chi connectivity index (χ1) is 8.99. The molecule has 2 N–H and O–H groups in total. The molecule has 8 heteroatoms. The highest BCUT2D eigenvalue weighted by Crippen LogP contribution is 1.79. The van der Waals surface area contributed by atoms with Gasteiger partial charge in [-0.2, -0.15) is 0 Å². The molecule has 0 saturated carbocycles. The van der Waals surface area contributed by atoms with Crippen LogP contribution < -0.4 is 10.6 Å². The first-order valence-corrected chi connectivity index (χ1v) is 5.07. The maximum Gasteiger partial charge on any atom is 0.330 e. The lowest BCUT2D eigenvalue weighted by Gasteiger charge is -2.02. The number of carbonyl (C=O) groups excluding carboxylic acids is 4. The van der Waals surface area contributed by atoms with Gasteiger partial charge in [-0.15, -0.1) is 0 Å². The number of carbonyl (C=O) groups is 4. The highest BCUT2D eigenvalue weighted by Gasteiger charge is 1.99. The molecule has 0 rings (SSSR count). The van der Waals surface area contributed by atoms with E-state index >= 15 is 0 Å². The molecule has 0 radical (unpaired) electrons. The molecule has 0 aromatic rings. The summed E-state index contributed by atoms with van der Waals surface area (Å²) in [6.07, 6.45) is 3.80. The van der Waals surface area contributed by atoms with E-state index in [4.69, 9.17) is 0 Å². The normalized spacial score (nSPS) is 10.2. The average molecular weight is 270 g/mol. The van der Waals surface area contributed by atoms with Crippen molar-refractivity contribution >= 4 is 23.8 Å². The number of hydrogen-bond acceptors (Lipinski definition) is 6. The highest BCUT2D eigenvalue weighted by molar-refractivity contribution is 5.96. The summed E-state index contributed by atoms with van der Waals surface area (Å²) in [6, 6.07) is 0. The minimum absolute atomic E-state index is 0.158. The fourth-order valence-corrected chi connectivity index (χ4v) is 0.760. The Morgan fingerprint density at radius 2 is 1.16 bits per heavy atom. The van der Waals surface area contributed by atoms with Crippen molar-refractivity contribution in [1.82, 2.24) is 10.6 Å². The average Bonchev–Trinajstić information content (AvgIpc) is 2.41. The van der Waals surface area contributed by atoms with Gasteiger partial charge in [-0.1, -0.05) is 0 Å². The van der Waals surface area contributed by atoms with Gasteiger partial charge in [0.25, 0.3) is 0 Å². The van der Waals surface area contributed by atoms with Crippen molar-refractivity contribution in [2.45, 2.75) is 0 Å². The number of hydrogen-bond donors (Lipinski definition) is 2. The number of ether oxygens (including phenoxy) is 2. The van der Waals surface area contributed by atoms with Crippen molar-refractivity contribution in [3.63, 3.8) is 0 Å². The first kappa shape index (κ1) is 16.4. The molecule has 0 aromatic heterocycles. The molecule has 0 aliphatic rings. The standard InChI is InChI=1S/C11H14N2O6/c1-18-10(16)5-3-8(14)12-7-13-9(15)4-6-11(17)19-2/h3-6H,7H2,1-2H3,(H,12,14)(H,13,15)/b5-3+,6-4+. The quantitative estimate of drug-likeness (QED) is 0.350. The number of nitrogens with one attached hydrogen (secondary N) is 2. The SMILES string of the molecule is COC(=O)/C=C/C(=O)NCNC(=O)/C=C/C(=O)OC. The van der Waals surface area contributed by atoms with Crippen molar-refractivity contribution in [3.8, 4) is 0 Å². The zero-order valence-corrected chi connectivity index (χ0v) is 10.5. The van der Waals surface area contributed by atoms with Crippen LogP contribution in [0.15, 0.2) is 24.3 Å². The van der Waals surface area contributed by atoms with Crippen molar-refractivity contribution in [2.24, 2.45) is 0 Å². The molecule has 0 heterocycles. The molecule has 0 fully saturated rings. The molecule has 104 valence electrons. The Morgan fingerprint density at radius 1 is 0.789 bits per heavy atom. The van der Waals surface area contributed by atoms with Crippen LogP contribution in [0.2, 0.25) is 0 Å². The molecule has 0 atom stereocenters. The van der Waals surface area contributed by atoms with E-state index in [-0.39, 0.29) is 6.67 Å². The minimum Gasteiger partial charge on any atom is -0.466 e. The third-order valence-corrected chi connectivity index (χ3v) is 1.67. The molecule has 0 spiro atoms. The van der Waals surface area contributed by atoms with Crippen LogP contribution in [0.3, 0.4) is 0 Å². The molecule has 0 bridgehead atoms. The smallest absolute Gasteiger partial charge is 0.330 e. The van der Waals surface area contributed by atoms with E-state index in [0.717, 1.165) is 24.3 Å². The molecular weight excluding hydrogens is 256 g/mol. The Kier molecular flexibility index (Phi) is 8.09. The summed E-state index contributed by atoms with van der Waals surface area (Å²) in [6.45, 7) is -0.158. The van der Waals surface area contributed by atoms with E-state index in [0.29, 0.717) is 0 Å². The van der Waals surface area contributed by atoms with Crippen LogP contribution >= 0.6 is 0 Å². The van der Waals surface area contributed by atoms with Crippen molar-refractivity contribution in [2.75, 3.05) is 20.9 Å². The second-order valence-corrected chi connectivity index (χ2v) is 2.97. The Balaban J connectivity index is 3.91. The molecule has 8 nitrogen and oxygen atoms in total. The Morgan fingerprint density at radius 3 is 1.47 bits per heavy atom. The van der Waals surface area contributed by atoms with E-state index in [1.807, 2.05) is 0 Å². The maximum atomic E-state index is 11.1. The van der Waals surface area contributed by atoms with Gasteiger partial charge in [0.2, 0.25) is 11.8 Å². The zero-order chi connectivity index (χ0) is 14.7. The summed E-state index contributed by atoms with van der Waals surface area (Å²) in [5, 5.41) is 4.56. The molecule has 0 unspecified atom stereocenters. The molecule has 2 amide bonds. The fraction of sp³-hybridized carbons (Fsp3) is 0.273. The van der Waals surface area contributed by atoms with Gasteiger partial charge in [0.15, 0.2) is 0 Å². The number of rotatable bonds is 6. The van der Waals surface area contributed by atoms with Crippen molar-refractivity contribution in [1.29, 1.82) is 0 Å². The van der Waals surface area contributed by atoms with Gasteiger partial charge in [-0.05, 0) is 0 Å². The third-order valence-electron chi connectivity index (χ3n) is 1.67. The molecule has 0 saturated heterocycles. The van der Waals surface area contributed by atoms with Crippen LogP contribution in [-0.4, -0.2) is 44.6 Å². The Bertz CT molecular complexity index is 375. The zero-order valence-electron chi connectivity index (χ0n) is 10.5. The van der Waals surface area contributed by atoms with Gasteiger partial charge in [0.05, 0.1) is 20.9 Å². The maximum absolute atomic E-state index is 11.1. The molecule has 0 aliphatic heterocycles. The van der Waals surface area contributed by atoms with Gasteiger partial charge in [-0.3, -0.25) is 9.59 Å². The molecule has 0 aromatic carbocycles. The van der Waals surface area contributed by atoms with Crippen LogP contribution in [0.1, 0.15) is 0 Å². The number of methoxy groups -OCH3 is 2. The van der Waals surface area contributed by atoms with E-state index in [1.54, 1.807) is 0 Å². The Labute approximate surface area is 109 Å². The summed E-state index contributed by atoms with van der Waals surface area (Å²) in [5.74, 6) is -2.49. The molecule has 19 heavy (non-hydrogen) atoms.